The largest absolute Gasteiger partial charge is 0.545 e. The van der Waals surface area contributed by atoms with Crippen LogP contribution in [0, 0.1) is 0 Å². The lowest BCUT2D eigenvalue weighted by Crippen LogP contribution is -2.34. The number of thiocarbonyl (C=S) groups is 1. The van der Waals surface area contributed by atoms with Crippen LogP contribution in [-0.2, 0) is 0 Å². The van der Waals surface area contributed by atoms with E-state index in [1.807, 2.05) is 13.8 Å². The van der Waals surface area contributed by atoms with Gasteiger partial charge >= 0.3 is 0 Å². The maximum absolute atomic E-state index is 12.2. The molecule has 2 N–H and O–H groups in total. The molecule has 26 heavy (non-hydrogen) atoms. The molecule has 6 nitrogen and oxygen atoms in total. The third-order valence-corrected chi connectivity index (χ3v) is 3.84. The number of carboxylic acids is 1. The maximum atomic E-state index is 12.2. The number of benzene rings is 2. The Morgan fingerprint density at radius 3 is 2.19 bits per heavy atom. The summed E-state index contributed by atoms with van der Waals surface area (Å²) in [6, 6.07) is 12.6. The summed E-state index contributed by atoms with van der Waals surface area (Å²) >= 11 is 5.10. The molecule has 0 aromatic heterocycles. The highest BCUT2D eigenvalue weighted by atomic mass is 32.1. The molecule has 2 aromatic carbocycles. The molecule has 2 aromatic rings. The third kappa shape index (κ3) is 5.56. The molecular formula is C19H19N2O4S-. The second kappa shape index (κ2) is 8.96. The van der Waals surface area contributed by atoms with Crippen molar-refractivity contribution in [3.8, 4) is 5.75 Å². The smallest absolute Gasteiger partial charge is 0.257 e. The lowest BCUT2D eigenvalue weighted by molar-refractivity contribution is -0.255. The average molecular weight is 371 g/mol. The second-order valence-electron chi connectivity index (χ2n) is 5.63. The number of amides is 1. The Morgan fingerprint density at radius 2 is 1.65 bits per heavy atom. The average Bonchev–Trinajstić information content (AvgIpc) is 2.62. The molecule has 0 spiro atoms. The number of hydrogen-bond donors (Lipinski definition) is 2. The van der Waals surface area contributed by atoms with E-state index < -0.39 is 5.97 Å². The number of carbonyl (C=O) groups is 2. The molecule has 0 aliphatic rings. The van der Waals surface area contributed by atoms with Gasteiger partial charge < -0.3 is 20.0 Å². The first-order chi connectivity index (χ1) is 12.4. The summed E-state index contributed by atoms with van der Waals surface area (Å²) in [5, 5.41) is 16.2. The summed E-state index contributed by atoms with van der Waals surface area (Å²) in [6.07, 6.45) is 1.00. The van der Waals surface area contributed by atoms with Crippen LogP contribution in [0.15, 0.2) is 48.5 Å². The Hall–Kier alpha value is -2.93. The van der Waals surface area contributed by atoms with Crippen LogP contribution in [0.25, 0.3) is 0 Å². The predicted octanol–water partition coefficient (Wildman–Crippen LogP) is 2.35. The molecule has 0 saturated heterocycles. The first kappa shape index (κ1) is 19.4. The Morgan fingerprint density at radius 1 is 1.08 bits per heavy atom. The fraction of sp³-hybridized carbons (Fsp3) is 0.211. The molecule has 1 atom stereocenters. The van der Waals surface area contributed by atoms with Crippen molar-refractivity contribution in [1.82, 2.24) is 5.32 Å². The van der Waals surface area contributed by atoms with Crippen LogP contribution >= 0.6 is 12.2 Å². The molecular weight excluding hydrogens is 352 g/mol. The van der Waals surface area contributed by atoms with Crippen molar-refractivity contribution < 1.29 is 19.4 Å². The summed E-state index contributed by atoms with van der Waals surface area (Å²) < 4.78 is 5.67. The minimum absolute atomic E-state index is 0.0604. The van der Waals surface area contributed by atoms with Crippen LogP contribution in [0.1, 0.15) is 41.0 Å². The van der Waals surface area contributed by atoms with Gasteiger partial charge in [0, 0.05) is 11.3 Å². The molecule has 0 fully saturated rings. The van der Waals surface area contributed by atoms with Crippen molar-refractivity contribution in [1.29, 1.82) is 0 Å². The minimum atomic E-state index is -1.26. The first-order valence-corrected chi connectivity index (χ1v) is 8.50. The monoisotopic (exact) mass is 371 g/mol. The number of carbonyl (C=O) groups excluding carboxylic acids is 2. The van der Waals surface area contributed by atoms with Gasteiger partial charge in [-0.15, -0.1) is 0 Å². The quantitative estimate of drug-likeness (QED) is 0.758. The number of anilines is 1. The lowest BCUT2D eigenvalue weighted by atomic mass is 10.2. The predicted molar refractivity (Wildman–Crippen MR) is 101 cm³/mol. The zero-order chi connectivity index (χ0) is 19.1. The molecule has 7 heteroatoms. The second-order valence-corrected chi connectivity index (χ2v) is 6.04. The van der Waals surface area contributed by atoms with Gasteiger partial charge in [0.15, 0.2) is 5.11 Å². The molecule has 0 unspecified atom stereocenters. The summed E-state index contributed by atoms with van der Waals surface area (Å²) in [4.78, 5) is 22.9. The van der Waals surface area contributed by atoms with E-state index in [1.165, 1.54) is 24.3 Å². The van der Waals surface area contributed by atoms with Crippen molar-refractivity contribution >= 4 is 34.9 Å². The number of ether oxygens (including phenoxy) is 1. The van der Waals surface area contributed by atoms with E-state index in [0.29, 0.717) is 17.0 Å². The summed E-state index contributed by atoms with van der Waals surface area (Å²) in [6.45, 7) is 4.01. The Bertz CT molecular complexity index is 788. The van der Waals surface area contributed by atoms with Crippen molar-refractivity contribution in [2.75, 3.05) is 5.32 Å². The van der Waals surface area contributed by atoms with Gasteiger partial charge in [-0.3, -0.25) is 10.1 Å². The van der Waals surface area contributed by atoms with Gasteiger partial charge in [0.1, 0.15) is 5.75 Å². The summed E-state index contributed by atoms with van der Waals surface area (Å²) in [7, 11) is 0. The molecule has 136 valence electrons. The van der Waals surface area contributed by atoms with Crippen LogP contribution in [0.4, 0.5) is 5.69 Å². The van der Waals surface area contributed by atoms with Gasteiger partial charge in [0.25, 0.3) is 5.91 Å². The molecule has 0 aliphatic carbocycles. The van der Waals surface area contributed by atoms with E-state index >= 15 is 0 Å². The van der Waals surface area contributed by atoms with E-state index in [0.717, 1.165) is 6.42 Å². The van der Waals surface area contributed by atoms with Crippen LogP contribution in [0.5, 0.6) is 5.75 Å². The van der Waals surface area contributed by atoms with Crippen molar-refractivity contribution in [3.05, 3.63) is 59.7 Å². The zero-order valence-electron chi connectivity index (χ0n) is 14.4. The molecule has 0 heterocycles. The highest BCUT2D eigenvalue weighted by molar-refractivity contribution is 7.80. The molecule has 0 radical (unpaired) electrons. The first-order valence-electron chi connectivity index (χ1n) is 8.09. The van der Waals surface area contributed by atoms with Gasteiger partial charge in [-0.1, -0.05) is 19.1 Å². The number of hydrogen-bond acceptors (Lipinski definition) is 5. The highest BCUT2D eigenvalue weighted by Gasteiger charge is 2.09. The van der Waals surface area contributed by atoms with Crippen LogP contribution in [0.2, 0.25) is 0 Å². The van der Waals surface area contributed by atoms with E-state index in [1.54, 1.807) is 24.3 Å². The standard InChI is InChI=1S/C19H20N2O4S/c1-3-12(2)25-16-10-6-13(7-11-16)17(22)21-19(26)20-15-8-4-14(5-9-15)18(23)24/h4-12H,3H2,1-2H3,(H,23,24)(H2,20,21,22,26)/p-1/t12-/m1/s1. The molecule has 1 amide bonds. The minimum Gasteiger partial charge on any atom is -0.545 e. The molecule has 2 rings (SSSR count). The van der Waals surface area contributed by atoms with Crippen LogP contribution in [0.3, 0.4) is 0 Å². The fourth-order valence-electron chi connectivity index (χ4n) is 2.03. The van der Waals surface area contributed by atoms with Gasteiger partial charge in [0.05, 0.1) is 12.1 Å². The lowest BCUT2D eigenvalue weighted by Gasteiger charge is -2.13. The van der Waals surface area contributed by atoms with Crippen molar-refractivity contribution in [2.24, 2.45) is 0 Å². The SMILES string of the molecule is CC[C@@H](C)Oc1ccc(C(=O)NC(=S)Nc2ccc(C(=O)[O-])cc2)cc1. The van der Waals surface area contributed by atoms with Gasteiger partial charge in [-0.25, -0.2) is 0 Å². The zero-order valence-corrected chi connectivity index (χ0v) is 15.3. The third-order valence-electron chi connectivity index (χ3n) is 3.63. The number of aromatic carboxylic acids is 1. The van der Waals surface area contributed by atoms with Crippen molar-refractivity contribution in [2.45, 2.75) is 26.4 Å². The summed E-state index contributed by atoms with van der Waals surface area (Å²) in [5.74, 6) is -0.915. The Balaban J connectivity index is 1.92. The Kier molecular flexibility index (Phi) is 6.68. The van der Waals surface area contributed by atoms with E-state index in [-0.39, 0.29) is 22.7 Å². The maximum Gasteiger partial charge on any atom is 0.257 e. The fourth-order valence-corrected chi connectivity index (χ4v) is 2.24. The number of nitrogens with one attached hydrogen (secondary N) is 2. The number of rotatable bonds is 6. The summed E-state index contributed by atoms with van der Waals surface area (Å²) in [5.41, 5.74) is 1.06. The van der Waals surface area contributed by atoms with Crippen molar-refractivity contribution in [3.63, 3.8) is 0 Å². The number of carboxylic acid groups (broad SMARTS) is 1. The van der Waals surface area contributed by atoms with Gasteiger partial charge in [-0.05, 0) is 67.5 Å². The van der Waals surface area contributed by atoms with E-state index in [4.69, 9.17) is 17.0 Å². The molecule has 0 aliphatic heterocycles. The van der Waals surface area contributed by atoms with E-state index in [9.17, 15) is 14.7 Å². The highest BCUT2D eigenvalue weighted by Crippen LogP contribution is 2.15. The Labute approximate surface area is 157 Å². The topological polar surface area (TPSA) is 90.5 Å². The van der Waals surface area contributed by atoms with Gasteiger partial charge in [0.2, 0.25) is 0 Å². The normalized spacial score (nSPS) is 11.3. The van der Waals surface area contributed by atoms with E-state index in [2.05, 4.69) is 10.6 Å². The molecule has 0 saturated carbocycles. The van der Waals surface area contributed by atoms with Gasteiger partial charge in [-0.2, -0.15) is 0 Å². The van der Waals surface area contributed by atoms with Crippen LogP contribution in [-0.4, -0.2) is 23.1 Å². The van der Waals surface area contributed by atoms with Crippen LogP contribution < -0.4 is 20.5 Å². The molecule has 0 bridgehead atoms.